The zero-order chi connectivity index (χ0) is 29.6. The van der Waals surface area contributed by atoms with E-state index < -0.39 is 92.2 Å². The highest BCUT2D eigenvalue weighted by atomic mass is 16.8. The summed E-state index contributed by atoms with van der Waals surface area (Å²) in [6, 6.07) is 0. The van der Waals surface area contributed by atoms with Gasteiger partial charge in [0.1, 0.15) is 54.9 Å². The largest absolute Gasteiger partial charge is 0.394 e. The fourth-order valence-corrected chi connectivity index (χ4v) is 7.58. The van der Waals surface area contributed by atoms with Crippen LogP contribution in [0.5, 0.6) is 0 Å². The molecule has 5 aliphatic rings. The number of rotatable bonds is 6. The maximum absolute atomic E-state index is 11.3. The van der Waals surface area contributed by atoms with E-state index in [-0.39, 0.29) is 36.9 Å². The van der Waals surface area contributed by atoms with E-state index in [9.17, 15) is 51.1 Å². The molecular formula is C27H46O14. The second kappa shape index (κ2) is 12.8. The normalized spacial score (nSPS) is 54.9. The molecule has 5 fully saturated rings. The Balaban J connectivity index is 1.40. The molecule has 14 heteroatoms. The molecule has 3 aliphatic heterocycles. The van der Waals surface area contributed by atoms with Crippen LogP contribution in [-0.2, 0) is 18.9 Å². The zero-order valence-electron chi connectivity index (χ0n) is 22.9. The van der Waals surface area contributed by atoms with Crippen LogP contribution in [0, 0.1) is 11.8 Å². The van der Waals surface area contributed by atoms with Crippen molar-refractivity contribution in [3.63, 3.8) is 0 Å². The van der Waals surface area contributed by atoms with Crippen molar-refractivity contribution in [2.45, 2.75) is 143 Å². The predicted octanol–water partition coefficient (Wildman–Crippen LogP) is -3.75. The molecule has 0 spiro atoms. The topological polar surface area (TPSA) is 239 Å². The molecule has 3 heterocycles. The first-order valence-corrected chi connectivity index (χ1v) is 14.8. The Bertz CT molecular complexity index is 854. The molecule has 0 bridgehead atoms. The van der Waals surface area contributed by atoms with Crippen LogP contribution in [0.3, 0.4) is 0 Å². The maximum Gasteiger partial charge on any atom is 0.227 e. The summed E-state index contributed by atoms with van der Waals surface area (Å²) in [6.45, 7) is -1.59. The van der Waals surface area contributed by atoms with Gasteiger partial charge in [0.2, 0.25) is 5.79 Å². The SMILES string of the molecule is OC[C@@H]1O[C@@](OC2CC(O)C3CCC(C4CCC(O)CC4)OC3C2)([C@H]2O[C@@H](CO)[C@@H](O)[C@@H](O)[C@@H]2O)[C@@H](O)[C@@H](O)[C@H]1O. The molecule has 2 aliphatic carbocycles. The average molecular weight is 595 g/mol. The van der Waals surface area contributed by atoms with Gasteiger partial charge < -0.3 is 70.0 Å². The van der Waals surface area contributed by atoms with Crippen LogP contribution in [-0.4, -0.2) is 156 Å². The fourth-order valence-electron chi connectivity index (χ4n) is 7.58. The molecule has 15 atom stereocenters. The minimum Gasteiger partial charge on any atom is -0.394 e. The van der Waals surface area contributed by atoms with Crippen molar-refractivity contribution in [2.75, 3.05) is 13.2 Å². The highest BCUT2D eigenvalue weighted by molar-refractivity contribution is 5.08. The second-order valence-corrected chi connectivity index (χ2v) is 12.5. The summed E-state index contributed by atoms with van der Waals surface area (Å²) in [6.07, 6.45) is -13.6. The molecule has 0 aromatic heterocycles. The number of hydrogen-bond donors (Lipinski definition) is 10. The van der Waals surface area contributed by atoms with Gasteiger partial charge in [0.25, 0.3) is 0 Å². The molecule has 0 radical (unpaired) electrons. The molecule has 0 aromatic carbocycles. The second-order valence-electron chi connectivity index (χ2n) is 12.5. The van der Waals surface area contributed by atoms with Crippen LogP contribution in [0.2, 0.25) is 0 Å². The number of hydrogen-bond acceptors (Lipinski definition) is 14. The Hall–Kier alpha value is -0.560. The summed E-state index contributed by atoms with van der Waals surface area (Å²) >= 11 is 0. The van der Waals surface area contributed by atoms with Gasteiger partial charge in [-0.15, -0.1) is 0 Å². The van der Waals surface area contributed by atoms with E-state index in [4.69, 9.17) is 18.9 Å². The van der Waals surface area contributed by atoms with Crippen LogP contribution in [0.25, 0.3) is 0 Å². The Morgan fingerprint density at radius 3 is 1.95 bits per heavy atom. The number of aliphatic hydroxyl groups excluding tert-OH is 10. The first kappa shape index (κ1) is 31.9. The Kier molecular flexibility index (Phi) is 9.95. The zero-order valence-corrected chi connectivity index (χ0v) is 22.9. The molecule has 10 N–H and O–H groups in total. The Morgan fingerprint density at radius 1 is 0.634 bits per heavy atom. The average Bonchev–Trinajstić information content (AvgIpc) is 2.96. The third kappa shape index (κ3) is 5.94. The van der Waals surface area contributed by atoms with E-state index in [2.05, 4.69) is 0 Å². The summed E-state index contributed by atoms with van der Waals surface area (Å²) in [5.74, 6) is -2.38. The van der Waals surface area contributed by atoms with Crippen molar-refractivity contribution in [3.05, 3.63) is 0 Å². The predicted molar refractivity (Wildman–Crippen MR) is 136 cm³/mol. The van der Waals surface area contributed by atoms with Gasteiger partial charge in [0, 0.05) is 18.8 Å². The van der Waals surface area contributed by atoms with E-state index in [0.29, 0.717) is 12.8 Å². The van der Waals surface area contributed by atoms with Crippen LogP contribution >= 0.6 is 0 Å². The molecule has 5 unspecified atom stereocenters. The van der Waals surface area contributed by atoms with Gasteiger partial charge in [-0.1, -0.05) is 0 Å². The van der Waals surface area contributed by atoms with Crippen LogP contribution in [0.15, 0.2) is 0 Å². The molecular weight excluding hydrogens is 548 g/mol. The van der Waals surface area contributed by atoms with Crippen molar-refractivity contribution < 1.29 is 70.0 Å². The van der Waals surface area contributed by atoms with Crippen molar-refractivity contribution in [1.82, 2.24) is 0 Å². The summed E-state index contributed by atoms with van der Waals surface area (Å²) in [5.41, 5.74) is 0. The first-order valence-electron chi connectivity index (χ1n) is 14.8. The Morgan fingerprint density at radius 2 is 1.29 bits per heavy atom. The molecule has 238 valence electrons. The number of ether oxygens (including phenoxy) is 4. The lowest BCUT2D eigenvalue weighted by molar-refractivity contribution is -0.429. The summed E-state index contributed by atoms with van der Waals surface area (Å²) in [4.78, 5) is 0. The molecule has 0 aromatic rings. The van der Waals surface area contributed by atoms with Gasteiger partial charge in [-0.25, -0.2) is 0 Å². The standard InChI is InChI=1S/C27H46O14/c28-9-18-20(32)22(34)24(36)26(39-18)27(25(37)23(35)21(33)19(10-29)41-27)40-13-7-15(31)14-5-6-16(38-17(14)8-13)11-1-3-12(30)4-2-11/h11-26,28-37H,1-10H2/t11?,12?,13?,14?,15?,16?,17?,18-,19-,20+,21-,22+,23-,24-,25-,26-,27+/m0/s1. The van der Waals surface area contributed by atoms with Crippen LogP contribution in [0.4, 0.5) is 0 Å². The summed E-state index contributed by atoms with van der Waals surface area (Å²) in [7, 11) is 0. The lowest BCUT2D eigenvalue weighted by atomic mass is 9.74. The summed E-state index contributed by atoms with van der Waals surface area (Å²) in [5, 5.41) is 105. The van der Waals surface area contributed by atoms with E-state index in [0.717, 1.165) is 25.7 Å². The van der Waals surface area contributed by atoms with Gasteiger partial charge in [-0.3, -0.25) is 0 Å². The van der Waals surface area contributed by atoms with Crippen LogP contribution < -0.4 is 0 Å². The highest BCUT2D eigenvalue weighted by Gasteiger charge is 2.65. The van der Waals surface area contributed by atoms with Crippen molar-refractivity contribution in [2.24, 2.45) is 11.8 Å². The third-order valence-electron chi connectivity index (χ3n) is 9.99. The molecule has 41 heavy (non-hydrogen) atoms. The van der Waals surface area contributed by atoms with Crippen molar-refractivity contribution in [1.29, 1.82) is 0 Å². The van der Waals surface area contributed by atoms with Crippen LogP contribution in [0.1, 0.15) is 51.4 Å². The third-order valence-corrected chi connectivity index (χ3v) is 9.99. The minimum absolute atomic E-state index is 0.0543. The quantitative estimate of drug-likeness (QED) is 0.142. The maximum atomic E-state index is 11.3. The van der Waals surface area contributed by atoms with E-state index in [1.165, 1.54) is 0 Å². The smallest absolute Gasteiger partial charge is 0.227 e. The van der Waals surface area contributed by atoms with E-state index in [1.807, 2.05) is 0 Å². The molecule has 5 rings (SSSR count). The van der Waals surface area contributed by atoms with Gasteiger partial charge in [0.15, 0.2) is 0 Å². The van der Waals surface area contributed by atoms with Gasteiger partial charge in [-0.2, -0.15) is 0 Å². The van der Waals surface area contributed by atoms with Gasteiger partial charge in [-0.05, 0) is 44.4 Å². The van der Waals surface area contributed by atoms with Gasteiger partial charge in [0.05, 0.1) is 43.7 Å². The molecule has 2 saturated carbocycles. The van der Waals surface area contributed by atoms with Crippen molar-refractivity contribution >= 4 is 0 Å². The highest BCUT2D eigenvalue weighted by Crippen LogP contribution is 2.46. The molecule has 14 nitrogen and oxygen atoms in total. The molecule has 0 amide bonds. The lowest BCUT2D eigenvalue weighted by Crippen LogP contribution is -2.76. The van der Waals surface area contributed by atoms with E-state index in [1.54, 1.807) is 0 Å². The van der Waals surface area contributed by atoms with Gasteiger partial charge >= 0.3 is 0 Å². The van der Waals surface area contributed by atoms with Crippen molar-refractivity contribution in [3.8, 4) is 0 Å². The minimum atomic E-state index is -2.50. The Labute approximate surface area is 238 Å². The number of fused-ring (bicyclic) bond motifs is 1. The number of aliphatic hydroxyl groups is 10. The summed E-state index contributed by atoms with van der Waals surface area (Å²) < 4.78 is 24.3. The van der Waals surface area contributed by atoms with E-state index >= 15 is 0 Å². The lowest BCUT2D eigenvalue weighted by Gasteiger charge is -2.56. The molecule has 3 saturated heterocycles. The first-order chi connectivity index (χ1) is 19.5. The monoisotopic (exact) mass is 594 g/mol. The fraction of sp³-hybridized carbons (Fsp3) is 1.00.